The Bertz CT molecular complexity index is 891. The summed E-state index contributed by atoms with van der Waals surface area (Å²) in [7, 11) is 0. The van der Waals surface area contributed by atoms with Crippen LogP contribution in [-0.4, -0.2) is 21.7 Å². The second-order valence-corrected chi connectivity index (χ2v) is 5.74. The van der Waals surface area contributed by atoms with Gasteiger partial charge in [0.15, 0.2) is 0 Å². The highest BCUT2D eigenvalue weighted by atomic mass is 79.9. The lowest BCUT2D eigenvalue weighted by atomic mass is 10.2. The van der Waals surface area contributed by atoms with E-state index < -0.39 is 5.82 Å². The second-order valence-electron chi connectivity index (χ2n) is 4.82. The number of hydrogen-bond acceptors (Lipinski definition) is 3. The van der Waals surface area contributed by atoms with Crippen LogP contribution < -0.4 is 5.43 Å². The van der Waals surface area contributed by atoms with E-state index >= 15 is 0 Å². The van der Waals surface area contributed by atoms with Crippen LogP contribution in [0.25, 0.3) is 11.0 Å². The van der Waals surface area contributed by atoms with Crippen LogP contribution in [0.2, 0.25) is 0 Å². The molecule has 1 N–H and O–H groups in total. The van der Waals surface area contributed by atoms with E-state index in [-0.39, 0.29) is 18.0 Å². The van der Waals surface area contributed by atoms with Gasteiger partial charge in [-0.2, -0.15) is 5.10 Å². The van der Waals surface area contributed by atoms with Crippen molar-refractivity contribution >= 4 is 39.1 Å². The molecule has 116 valence electrons. The van der Waals surface area contributed by atoms with Crippen LogP contribution in [0.4, 0.5) is 4.39 Å². The van der Waals surface area contributed by atoms with Crippen molar-refractivity contribution in [1.82, 2.24) is 15.0 Å². The number of amides is 1. The monoisotopic (exact) mass is 374 g/mol. The fourth-order valence-electron chi connectivity index (χ4n) is 2.11. The van der Waals surface area contributed by atoms with E-state index in [4.69, 9.17) is 0 Å². The minimum atomic E-state index is -0.410. The van der Waals surface area contributed by atoms with Crippen LogP contribution in [0.15, 0.2) is 58.4 Å². The molecule has 5 nitrogen and oxygen atoms in total. The number of carbonyl (C=O) groups is 1. The molecule has 0 saturated carbocycles. The zero-order valence-electron chi connectivity index (χ0n) is 11.9. The van der Waals surface area contributed by atoms with Gasteiger partial charge < -0.3 is 4.57 Å². The number of nitrogens with one attached hydrogen (secondary N) is 1. The Hall–Kier alpha value is -2.54. The highest BCUT2D eigenvalue weighted by Gasteiger charge is 2.06. The fourth-order valence-corrected chi connectivity index (χ4v) is 2.49. The van der Waals surface area contributed by atoms with Gasteiger partial charge >= 0.3 is 0 Å². The molecule has 0 spiro atoms. The summed E-state index contributed by atoms with van der Waals surface area (Å²) in [6.45, 7) is 0.0822. The average Bonchev–Trinajstić information content (AvgIpc) is 2.94. The minimum Gasteiger partial charge on any atom is -0.321 e. The molecule has 23 heavy (non-hydrogen) atoms. The maximum atomic E-state index is 13.5. The van der Waals surface area contributed by atoms with Gasteiger partial charge in [0, 0.05) is 10.0 Å². The van der Waals surface area contributed by atoms with Crippen LogP contribution in [0, 0.1) is 5.82 Å². The minimum absolute atomic E-state index is 0.0822. The van der Waals surface area contributed by atoms with Gasteiger partial charge in [-0.05, 0) is 30.3 Å². The molecule has 7 heteroatoms. The Morgan fingerprint density at radius 3 is 3.04 bits per heavy atom. The zero-order chi connectivity index (χ0) is 16.2. The first-order valence-electron chi connectivity index (χ1n) is 6.80. The summed E-state index contributed by atoms with van der Waals surface area (Å²) >= 11 is 3.25. The van der Waals surface area contributed by atoms with Gasteiger partial charge in [0.2, 0.25) is 0 Å². The van der Waals surface area contributed by atoms with Crippen LogP contribution in [0.5, 0.6) is 0 Å². The molecule has 0 saturated heterocycles. The van der Waals surface area contributed by atoms with Crippen molar-refractivity contribution in [2.75, 3.05) is 0 Å². The average molecular weight is 375 g/mol. The number of hydrogen-bond donors (Lipinski definition) is 1. The van der Waals surface area contributed by atoms with Crippen LogP contribution in [0.3, 0.4) is 0 Å². The van der Waals surface area contributed by atoms with Gasteiger partial charge in [0.05, 0.1) is 23.6 Å². The Labute approximate surface area is 140 Å². The molecule has 0 fully saturated rings. The van der Waals surface area contributed by atoms with Gasteiger partial charge in [-0.25, -0.2) is 14.8 Å². The SMILES string of the molecule is O=C(Cn1cnc2ccccc21)N/N=C/c1cc(Br)ccc1F. The second kappa shape index (κ2) is 6.70. The number of nitrogens with zero attached hydrogens (tertiary/aromatic N) is 3. The van der Waals surface area contributed by atoms with Crippen molar-refractivity contribution in [3.8, 4) is 0 Å². The quantitative estimate of drug-likeness (QED) is 0.563. The topological polar surface area (TPSA) is 59.3 Å². The van der Waals surface area contributed by atoms with Gasteiger partial charge in [-0.15, -0.1) is 0 Å². The normalized spacial score (nSPS) is 11.2. The fraction of sp³-hybridized carbons (Fsp3) is 0.0625. The maximum absolute atomic E-state index is 13.5. The number of benzene rings is 2. The number of hydrazone groups is 1. The first-order valence-corrected chi connectivity index (χ1v) is 7.59. The van der Waals surface area contributed by atoms with Crippen molar-refractivity contribution in [2.45, 2.75) is 6.54 Å². The first kappa shape index (κ1) is 15.4. The molecule has 3 aromatic rings. The Balaban J connectivity index is 1.66. The summed E-state index contributed by atoms with van der Waals surface area (Å²) in [5.41, 5.74) is 4.35. The van der Waals surface area contributed by atoms with Crippen molar-refractivity contribution < 1.29 is 9.18 Å². The number of para-hydroxylation sites is 2. The van der Waals surface area contributed by atoms with Crippen molar-refractivity contribution in [3.05, 3.63) is 64.6 Å². The maximum Gasteiger partial charge on any atom is 0.260 e. The smallest absolute Gasteiger partial charge is 0.260 e. The number of halogens is 2. The third kappa shape index (κ3) is 3.62. The molecular formula is C16H12BrFN4O. The van der Waals surface area contributed by atoms with E-state index in [0.717, 1.165) is 15.5 Å². The predicted octanol–water partition coefficient (Wildman–Crippen LogP) is 3.09. The molecule has 1 amide bonds. The number of fused-ring (bicyclic) bond motifs is 1. The zero-order valence-corrected chi connectivity index (χ0v) is 13.5. The molecule has 2 aromatic carbocycles. The molecule has 0 aliphatic heterocycles. The third-order valence-electron chi connectivity index (χ3n) is 3.19. The predicted molar refractivity (Wildman–Crippen MR) is 89.6 cm³/mol. The van der Waals surface area contributed by atoms with E-state index in [9.17, 15) is 9.18 Å². The molecule has 1 aromatic heterocycles. The summed E-state index contributed by atoms with van der Waals surface area (Å²) in [4.78, 5) is 16.1. The molecule has 0 bridgehead atoms. The van der Waals surface area contributed by atoms with E-state index in [2.05, 4.69) is 31.4 Å². The largest absolute Gasteiger partial charge is 0.321 e. The lowest BCUT2D eigenvalue weighted by molar-refractivity contribution is -0.121. The van der Waals surface area contributed by atoms with Gasteiger partial charge in [-0.3, -0.25) is 4.79 Å². The highest BCUT2D eigenvalue weighted by molar-refractivity contribution is 9.10. The van der Waals surface area contributed by atoms with Crippen molar-refractivity contribution in [3.63, 3.8) is 0 Å². The van der Waals surface area contributed by atoms with Gasteiger partial charge in [0.1, 0.15) is 12.4 Å². The molecule has 1 heterocycles. The Morgan fingerprint density at radius 1 is 1.35 bits per heavy atom. The molecule has 0 unspecified atom stereocenters. The molecule has 0 atom stereocenters. The van der Waals surface area contributed by atoms with E-state index in [1.807, 2.05) is 24.3 Å². The van der Waals surface area contributed by atoms with Gasteiger partial charge in [-0.1, -0.05) is 28.1 Å². The number of carbonyl (C=O) groups excluding carboxylic acids is 1. The van der Waals surface area contributed by atoms with Crippen molar-refractivity contribution in [2.24, 2.45) is 5.10 Å². The molecule has 3 rings (SSSR count). The molecule has 0 aliphatic carbocycles. The summed E-state index contributed by atoms with van der Waals surface area (Å²) in [5.74, 6) is -0.730. The van der Waals surface area contributed by atoms with E-state index in [0.29, 0.717) is 0 Å². The van der Waals surface area contributed by atoms with E-state index in [1.54, 1.807) is 23.0 Å². The standard InChI is InChI=1S/C16H12BrFN4O/c17-12-5-6-13(18)11(7-12)8-20-21-16(23)9-22-10-19-14-3-1-2-4-15(14)22/h1-8,10H,9H2,(H,21,23)/b20-8+. The van der Waals surface area contributed by atoms with E-state index in [1.165, 1.54) is 12.3 Å². The Kier molecular flexibility index (Phi) is 4.47. The summed E-state index contributed by atoms with van der Waals surface area (Å²) in [6.07, 6.45) is 2.87. The first-order chi connectivity index (χ1) is 11.1. The summed E-state index contributed by atoms with van der Waals surface area (Å²) < 4.78 is 16.0. The number of aromatic nitrogens is 2. The molecule has 0 aliphatic rings. The number of imidazole rings is 1. The molecule has 0 radical (unpaired) electrons. The van der Waals surface area contributed by atoms with Crippen LogP contribution in [-0.2, 0) is 11.3 Å². The Morgan fingerprint density at radius 2 is 2.17 bits per heavy atom. The number of rotatable bonds is 4. The third-order valence-corrected chi connectivity index (χ3v) is 3.69. The van der Waals surface area contributed by atoms with Gasteiger partial charge in [0.25, 0.3) is 5.91 Å². The van der Waals surface area contributed by atoms with Crippen molar-refractivity contribution in [1.29, 1.82) is 0 Å². The van der Waals surface area contributed by atoms with Crippen LogP contribution >= 0.6 is 15.9 Å². The summed E-state index contributed by atoms with van der Waals surface area (Å²) in [6, 6.07) is 12.0. The summed E-state index contributed by atoms with van der Waals surface area (Å²) in [5, 5.41) is 3.78. The molecular weight excluding hydrogens is 363 g/mol. The highest BCUT2D eigenvalue weighted by Crippen LogP contribution is 2.14. The lowest BCUT2D eigenvalue weighted by Gasteiger charge is -2.03. The van der Waals surface area contributed by atoms with Crippen LogP contribution in [0.1, 0.15) is 5.56 Å². The lowest BCUT2D eigenvalue weighted by Crippen LogP contribution is -2.22.